The molecule has 0 radical (unpaired) electrons. The molecular formula is C20H18N4O2. The van der Waals surface area contributed by atoms with Crippen molar-refractivity contribution < 1.29 is 9.47 Å². The van der Waals surface area contributed by atoms with Crippen LogP contribution in [-0.2, 0) is 4.74 Å². The summed E-state index contributed by atoms with van der Waals surface area (Å²) in [5.41, 5.74) is 3.27. The van der Waals surface area contributed by atoms with Crippen molar-refractivity contribution in [1.29, 1.82) is 5.26 Å². The molecule has 0 fully saturated rings. The first kappa shape index (κ1) is 17.2. The normalized spacial score (nSPS) is 10.7. The largest absolute Gasteiger partial charge is 0.483 e. The zero-order valence-corrected chi connectivity index (χ0v) is 14.6. The van der Waals surface area contributed by atoms with Gasteiger partial charge in [0.25, 0.3) is 0 Å². The van der Waals surface area contributed by atoms with Gasteiger partial charge in [-0.05, 0) is 61.9 Å². The van der Waals surface area contributed by atoms with Crippen LogP contribution in [-0.4, -0.2) is 22.8 Å². The summed E-state index contributed by atoms with van der Waals surface area (Å²) in [5.74, 6) is 1.17. The van der Waals surface area contributed by atoms with Gasteiger partial charge in [-0.2, -0.15) is 5.26 Å². The molecule has 130 valence electrons. The van der Waals surface area contributed by atoms with E-state index in [2.05, 4.69) is 16.2 Å². The Morgan fingerprint density at radius 3 is 2.69 bits per heavy atom. The Morgan fingerprint density at radius 2 is 2.00 bits per heavy atom. The zero-order valence-electron chi connectivity index (χ0n) is 14.6. The maximum atomic E-state index is 8.86. The van der Waals surface area contributed by atoms with Crippen LogP contribution in [0, 0.1) is 18.3 Å². The van der Waals surface area contributed by atoms with Gasteiger partial charge in [-0.1, -0.05) is 0 Å². The number of aliphatic imine (C=N–C) groups is 1. The van der Waals surface area contributed by atoms with Crippen LogP contribution in [0.15, 0.2) is 59.7 Å². The van der Waals surface area contributed by atoms with Gasteiger partial charge in [-0.3, -0.25) is 0 Å². The minimum Gasteiger partial charge on any atom is -0.483 e. The molecule has 0 aliphatic rings. The Balaban J connectivity index is 1.72. The van der Waals surface area contributed by atoms with Gasteiger partial charge in [-0.15, -0.1) is 5.10 Å². The van der Waals surface area contributed by atoms with Gasteiger partial charge < -0.3 is 9.47 Å². The highest BCUT2D eigenvalue weighted by Crippen LogP contribution is 2.27. The quantitative estimate of drug-likeness (QED) is 0.485. The van der Waals surface area contributed by atoms with Gasteiger partial charge in [0.15, 0.2) is 6.40 Å². The highest BCUT2D eigenvalue weighted by molar-refractivity contribution is 5.59. The second-order valence-corrected chi connectivity index (χ2v) is 5.50. The number of ether oxygens (including phenoxy) is 2. The number of hydrogen-bond donors (Lipinski definition) is 0. The lowest BCUT2D eigenvalue weighted by molar-refractivity contribution is 0.344. The molecule has 26 heavy (non-hydrogen) atoms. The van der Waals surface area contributed by atoms with Crippen molar-refractivity contribution >= 4 is 12.1 Å². The lowest BCUT2D eigenvalue weighted by atomic mass is 10.2. The Labute approximate surface area is 151 Å². The molecule has 6 heteroatoms. The maximum Gasteiger partial charge on any atom is 0.238 e. The van der Waals surface area contributed by atoms with Gasteiger partial charge in [-0.25, -0.2) is 9.67 Å². The number of aryl methyl sites for hydroxylation is 1. The third-order valence-electron chi connectivity index (χ3n) is 3.65. The van der Waals surface area contributed by atoms with Crippen LogP contribution < -0.4 is 4.74 Å². The summed E-state index contributed by atoms with van der Waals surface area (Å²) in [5, 5.41) is 13.3. The molecule has 0 N–H and O–H groups in total. The van der Waals surface area contributed by atoms with Crippen LogP contribution in [0.1, 0.15) is 18.1 Å². The molecule has 1 heterocycles. The molecule has 3 rings (SSSR count). The summed E-state index contributed by atoms with van der Waals surface area (Å²) in [6.45, 7) is 4.46. The third kappa shape index (κ3) is 4.08. The third-order valence-corrected chi connectivity index (χ3v) is 3.65. The van der Waals surface area contributed by atoms with E-state index in [0.717, 1.165) is 16.9 Å². The van der Waals surface area contributed by atoms with Crippen LogP contribution in [0.5, 0.6) is 11.6 Å². The van der Waals surface area contributed by atoms with Crippen LogP contribution in [0.4, 0.5) is 5.69 Å². The number of nitrogens with zero attached hydrogens (tertiary/aromatic N) is 4. The molecular weight excluding hydrogens is 328 g/mol. The number of benzene rings is 2. The number of aromatic nitrogens is 2. The van der Waals surface area contributed by atoms with Crippen molar-refractivity contribution in [2.75, 3.05) is 6.61 Å². The van der Waals surface area contributed by atoms with E-state index in [0.29, 0.717) is 23.8 Å². The van der Waals surface area contributed by atoms with Crippen LogP contribution in [0.2, 0.25) is 0 Å². The molecule has 3 aromatic rings. The predicted molar refractivity (Wildman–Crippen MR) is 99.3 cm³/mol. The predicted octanol–water partition coefficient (Wildman–Crippen LogP) is 4.54. The summed E-state index contributed by atoms with van der Waals surface area (Å²) in [4.78, 5) is 4.26. The molecule has 0 atom stereocenters. The summed E-state index contributed by atoms with van der Waals surface area (Å²) in [6.07, 6.45) is 3.26. The molecule has 0 aliphatic carbocycles. The zero-order chi connectivity index (χ0) is 18.4. The van der Waals surface area contributed by atoms with E-state index in [1.54, 1.807) is 22.9 Å². The number of nitriles is 1. The highest BCUT2D eigenvalue weighted by atomic mass is 16.5. The lowest BCUT2D eigenvalue weighted by Crippen LogP contribution is -1.95. The molecule has 0 saturated heterocycles. The first-order valence-electron chi connectivity index (χ1n) is 8.18. The van der Waals surface area contributed by atoms with Gasteiger partial charge in [0.05, 0.1) is 29.6 Å². The molecule has 0 aliphatic heterocycles. The van der Waals surface area contributed by atoms with E-state index in [-0.39, 0.29) is 0 Å². The standard InChI is InChI=1S/C20H18N4O2/c1-3-25-14-22-19-9-8-18(12-15(19)2)26-20-10-11-24(23-20)17-6-4-16(13-21)5-7-17/h4-12,14H,3H2,1-2H3. The minimum atomic E-state index is 0.485. The summed E-state index contributed by atoms with van der Waals surface area (Å²) >= 11 is 0. The first-order valence-corrected chi connectivity index (χ1v) is 8.18. The topological polar surface area (TPSA) is 72.4 Å². The monoisotopic (exact) mass is 346 g/mol. The Kier molecular flexibility index (Phi) is 5.30. The van der Waals surface area contributed by atoms with E-state index < -0.39 is 0 Å². The fourth-order valence-electron chi connectivity index (χ4n) is 2.32. The molecule has 0 unspecified atom stereocenters. The van der Waals surface area contributed by atoms with E-state index in [9.17, 15) is 0 Å². The first-order chi connectivity index (χ1) is 12.7. The van der Waals surface area contributed by atoms with Crippen molar-refractivity contribution in [2.24, 2.45) is 4.99 Å². The van der Waals surface area contributed by atoms with Crippen molar-refractivity contribution in [3.8, 4) is 23.4 Å². The Hall–Kier alpha value is -3.59. The van der Waals surface area contributed by atoms with Gasteiger partial charge >= 0.3 is 0 Å². The van der Waals surface area contributed by atoms with E-state index in [4.69, 9.17) is 14.7 Å². The fraction of sp³-hybridized carbons (Fsp3) is 0.150. The van der Waals surface area contributed by atoms with E-state index in [1.165, 1.54) is 6.40 Å². The lowest BCUT2D eigenvalue weighted by Gasteiger charge is -2.06. The second kappa shape index (κ2) is 7.99. The molecule has 0 saturated carbocycles. The van der Waals surface area contributed by atoms with Crippen LogP contribution >= 0.6 is 0 Å². The van der Waals surface area contributed by atoms with Crippen molar-refractivity contribution in [1.82, 2.24) is 9.78 Å². The molecule has 2 aromatic carbocycles. The van der Waals surface area contributed by atoms with Gasteiger partial charge in [0.1, 0.15) is 5.75 Å². The van der Waals surface area contributed by atoms with Crippen molar-refractivity contribution in [2.45, 2.75) is 13.8 Å². The average molecular weight is 346 g/mol. The Morgan fingerprint density at radius 1 is 1.19 bits per heavy atom. The molecule has 0 amide bonds. The summed E-state index contributed by atoms with van der Waals surface area (Å²) in [7, 11) is 0. The van der Waals surface area contributed by atoms with Crippen LogP contribution in [0.25, 0.3) is 5.69 Å². The molecule has 0 spiro atoms. The SMILES string of the molecule is CCOC=Nc1ccc(Oc2ccn(-c3ccc(C#N)cc3)n2)cc1C. The second-order valence-electron chi connectivity index (χ2n) is 5.50. The smallest absolute Gasteiger partial charge is 0.238 e. The molecule has 1 aromatic heterocycles. The molecule has 0 bridgehead atoms. The van der Waals surface area contributed by atoms with Crippen LogP contribution in [0.3, 0.4) is 0 Å². The van der Waals surface area contributed by atoms with Gasteiger partial charge in [0, 0.05) is 12.3 Å². The summed E-state index contributed by atoms with van der Waals surface area (Å²) in [6, 6.07) is 16.7. The Bertz CT molecular complexity index is 953. The van der Waals surface area contributed by atoms with Crippen molar-refractivity contribution in [3.63, 3.8) is 0 Å². The summed E-state index contributed by atoms with van der Waals surface area (Å²) < 4.78 is 12.6. The number of rotatable bonds is 6. The van der Waals surface area contributed by atoms with Crippen molar-refractivity contribution in [3.05, 3.63) is 65.9 Å². The van der Waals surface area contributed by atoms with E-state index in [1.807, 2.05) is 50.4 Å². The van der Waals surface area contributed by atoms with E-state index >= 15 is 0 Å². The number of hydrogen-bond acceptors (Lipinski definition) is 5. The molecule has 6 nitrogen and oxygen atoms in total. The fourth-order valence-corrected chi connectivity index (χ4v) is 2.32. The highest BCUT2D eigenvalue weighted by Gasteiger charge is 2.05. The average Bonchev–Trinajstić information content (AvgIpc) is 3.12. The van der Waals surface area contributed by atoms with Gasteiger partial charge in [0.2, 0.25) is 5.88 Å². The minimum absolute atomic E-state index is 0.485. The maximum absolute atomic E-state index is 8.86.